The lowest BCUT2D eigenvalue weighted by molar-refractivity contribution is 1.60. The predicted molar refractivity (Wildman–Crippen MR) is 176 cm³/mol. The van der Waals surface area contributed by atoms with Crippen LogP contribution >= 0.6 is 31.9 Å². The van der Waals surface area contributed by atoms with Crippen molar-refractivity contribution in [2.75, 3.05) is 0 Å². The summed E-state index contributed by atoms with van der Waals surface area (Å²) in [6, 6.07) is 57.5. The van der Waals surface area contributed by atoms with Crippen LogP contribution in [0.25, 0.3) is 22.3 Å². The van der Waals surface area contributed by atoms with Gasteiger partial charge in [0.1, 0.15) is 0 Å². The number of halogens is 2. The third kappa shape index (κ3) is 5.10. The Morgan fingerprint density at radius 3 is 1.03 bits per heavy atom. The molecule has 0 spiro atoms. The van der Waals surface area contributed by atoms with E-state index < -0.39 is 8.07 Å². The van der Waals surface area contributed by atoms with E-state index in [-0.39, 0.29) is 0 Å². The highest BCUT2D eigenvalue weighted by Gasteiger charge is 2.41. The molecule has 0 fully saturated rings. The molecule has 0 nitrogen and oxygen atoms in total. The Labute approximate surface area is 248 Å². The van der Waals surface area contributed by atoms with Crippen LogP contribution in [0.15, 0.2) is 167 Å². The molecule has 0 bridgehead atoms. The average molecular weight is 646 g/mol. The highest BCUT2D eigenvalue weighted by molar-refractivity contribution is 9.10. The van der Waals surface area contributed by atoms with Crippen LogP contribution in [0.4, 0.5) is 0 Å². The van der Waals surface area contributed by atoms with Gasteiger partial charge in [-0.05, 0) is 67.3 Å². The monoisotopic (exact) mass is 644 g/mol. The number of hydrogen-bond acceptors (Lipinski definition) is 0. The smallest absolute Gasteiger partial charge is 0.0622 e. The van der Waals surface area contributed by atoms with E-state index in [1.54, 1.807) is 0 Å². The van der Waals surface area contributed by atoms with Crippen LogP contribution in [0, 0.1) is 0 Å². The van der Waals surface area contributed by atoms with Crippen LogP contribution < -0.4 is 20.7 Å². The third-order valence-electron chi connectivity index (χ3n) is 7.37. The molecule has 39 heavy (non-hydrogen) atoms. The van der Waals surface area contributed by atoms with Crippen molar-refractivity contribution in [3.05, 3.63) is 167 Å². The van der Waals surface area contributed by atoms with Crippen LogP contribution in [0.2, 0.25) is 0 Å². The Kier molecular flexibility index (Phi) is 7.47. The molecule has 3 heteroatoms. The highest BCUT2D eigenvalue weighted by atomic mass is 79.9. The summed E-state index contributed by atoms with van der Waals surface area (Å²) in [5.41, 5.74) is 4.91. The first kappa shape index (κ1) is 25.8. The molecule has 0 heterocycles. The molecule has 6 rings (SSSR count). The minimum absolute atomic E-state index is 1.09. The maximum Gasteiger partial charge on any atom is 0.179 e. The van der Waals surface area contributed by atoms with Crippen molar-refractivity contribution >= 4 is 60.7 Å². The SMILES string of the molecule is Brc1cccc([Si](c2ccc(-c3ccccc3)cc2)(c2ccc(-c3ccccc3)cc2)c2cccc(Br)c2)c1. The first-order valence-electron chi connectivity index (χ1n) is 13.0. The van der Waals surface area contributed by atoms with Gasteiger partial charge in [0.15, 0.2) is 8.07 Å². The molecule has 0 aromatic heterocycles. The van der Waals surface area contributed by atoms with Gasteiger partial charge in [0.25, 0.3) is 0 Å². The summed E-state index contributed by atoms with van der Waals surface area (Å²) in [6.45, 7) is 0. The van der Waals surface area contributed by atoms with E-state index in [2.05, 4.69) is 190 Å². The highest BCUT2D eigenvalue weighted by Crippen LogP contribution is 2.22. The van der Waals surface area contributed by atoms with E-state index in [9.17, 15) is 0 Å². The van der Waals surface area contributed by atoms with E-state index in [1.165, 1.54) is 43.0 Å². The van der Waals surface area contributed by atoms with Crippen molar-refractivity contribution in [3.8, 4) is 22.3 Å². The number of hydrogen-bond donors (Lipinski definition) is 0. The van der Waals surface area contributed by atoms with E-state index in [4.69, 9.17) is 0 Å². The summed E-state index contributed by atoms with van der Waals surface area (Å²) < 4.78 is 2.18. The van der Waals surface area contributed by atoms with E-state index in [0.29, 0.717) is 0 Å². The van der Waals surface area contributed by atoms with Crippen molar-refractivity contribution in [2.24, 2.45) is 0 Å². The second kappa shape index (κ2) is 11.3. The molecule has 188 valence electrons. The summed E-state index contributed by atoms with van der Waals surface area (Å²) in [5, 5.41) is 5.39. The molecular formula is C36H26Br2Si. The molecule has 0 radical (unpaired) electrons. The van der Waals surface area contributed by atoms with Crippen molar-refractivity contribution in [3.63, 3.8) is 0 Å². The fraction of sp³-hybridized carbons (Fsp3) is 0. The zero-order chi connectivity index (χ0) is 26.7. The second-order valence-electron chi connectivity index (χ2n) is 9.66. The fourth-order valence-corrected chi connectivity index (χ4v) is 11.5. The van der Waals surface area contributed by atoms with Gasteiger partial charge < -0.3 is 0 Å². The zero-order valence-corrected chi connectivity index (χ0v) is 25.4. The van der Waals surface area contributed by atoms with E-state index in [0.717, 1.165) is 8.95 Å². The predicted octanol–water partition coefficient (Wildman–Crippen LogP) is 7.92. The Hall–Kier alpha value is -3.50. The maximum atomic E-state index is 3.78. The van der Waals surface area contributed by atoms with Gasteiger partial charge in [-0.15, -0.1) is 0 Å². The van der Waals surface area contributed by atoms with Gasteiger partial charge in [-0.1, -0.05) is 165 Å². The van der Waals surface area contributed by atoms with Crippen molar-refractivity contribution in [1.29, 1.82) is 0 Å². The lowest BCUT2D eigenvalue weighted by Gasteiger charge is -2.35. The molecule has 0 saturated carbocycles. The molecule has 0 aliphatic rings. The lowest BCUT2D eigenvalue weighted by Crippen LogP contribution is -2.74. The van der Waals surface area contributed by atoms with Gasteiger partial charge in [-0.25, -0.2) is 0 Å². The molecule has 6 aromatic carbocycles. The average Bonchev–Trinajstić information content (AvgIpc) is 2.99. The molecule has 0 saturated heterocycles. The van der Waals surface area contributed by atoms with Gasteiger partial charge in [-0.3, -0.25) is 0 Å². The molecule has 0 amide bonds. The molecule has 6 aromatic rings. The maximum absolute atomic E-state index is 3.78. The first-order valence-corrected chi connectivity index (χ1v) is 16.6. The summed E-state index contributed by atoms with van der Waals surface area (Å²) in [4.78, 5) is 0. The van der Waals surface area contributed by atoms with E-state index in [1.807, 2.05) is 0 Å². The molecule has 0 aliphatic carbocycles. The van der Waals surface area contributed by atoms with Crippen LogP contribution in [0.3, 0.4) is 0 Å². The van der Waals surface area contributed by atoms with E-state index >= 15 is 0 Å². The topological polar surface area (TPSA) is 0 Å². The van der Waals surface area contributed by atoms with Crippen molar-refractivity contribution < 1.29 is 0 Å². The normalized spacial score (nSPS) is 11.3. The van der Waals surface area contributed by atoms with Crippen LogP contribution in [0.5, 0.6) is 0 Å². The van der Waals surface area contributed by atoms with Gasteiger partial charge in [0, 0.05) is 8.95 Å². The Morgan fingerprint density at radius 1 is 0.308 bits per heavy atom. The Morgan fingerprint density at radius 2 is 0.667 bits per heavy atom. The molecule has 0 aliphatic heterocycles. The Balaban J connectivity index is 1.61. The van der Waals surface area contributed by atoms with Crippen molar-refractivity contribution in [1.82, 2.24) is 0 Å². The largest absolute Gasteiger partial charge is 0.179 e. The standard InChI is InChI=1S/C36H26Br2Si/c37-31-13-7-15-35(25-31)39(36-16-8-14-32(38)26-36,33-21-17-29(18-22-33)27-9-3-1-4-10-27)34-23-19-30(20-24-34)28-11-5-2-6-12-28/h1-26H. The summed E-state index contributed by atoms with van der Waals surface area (Å²) >= 11 is 7.57. The van der Waals surface area contributed by atoms with Crippen LogP contribution in [-0.4, -0.2) is 8.07 Å². The van der Waals surface area contributed by atoms with Gasteiger partial charge in [0.05, 0.1) is 0 Å². The summed E-state index contributed by atoms with van der Waals surface area (Å²) in [5.74, 6) is 0. The molecule has 0 N–H and O–H groups in total. The quantitative estimate of drug-likeness (QED) is 0.128. The van der Waals surface area contributed by atoms with Gasteiger partial charge in [0.2, 0.25) is 0 Å². The zero-order valence-electron chi connectivity index (χ0n) is 21.3. The van der Waals surface area contributed by atoms with Crippen LogP contribution in [0.1, 0.15) is 0 Å². The van der Waals surface area contributed by atoms with Crippen LogP contribution in [-0.2, 0) is 0 Å². The Bertz CT molecular complexity index is 1560. The van der Waals surface area contributed by atoms with Gasteiger partial charge in [-0.2, -0.15) is 0 Å². The molecule has 0 atom stereocenters. The third-order valence-corrected chi connectivity index (χ3v) is 13.1. The minimum Gasteiger partial charge on any atom is -0.0622 e. The molecule has 0 unspecified atom stereocenters. The number of benzene rings is 6. The minimum atomic E-state index is -2.67. The lowest BCUT2D eigenvalue weighted by atomic mass is 10.1. The molecular weight excluding hydrogens is 620 g/mol. The van der Waals surface area contributed by atoms with Crippen molar-refractivity contribution in [2.45, 2.75) is 0 Å². The number of rotatable bonds is 6. The summed E-state index contributed by atoms with van der Waals surface area (Å²) in [6.07, 6.45) is 0. The first-order chi connectivity index (χ1) is 19.1. The summed E-state index contributed by atoms with van der Waals surface area (Å²) in [7, 11) is -2.67. The fourth-order valence-electron chi connectivity index (χ4n) is 5.53. The van der Waals surface area contributed by atoms with Gasteiger partial charge >= 0.3 is 0 Å². The second-order valence-corrected chi connectivity index (χ2v) is 15.3.